The van der Waals surface area contributed by atoms with Gasteiger partial charge in [0.25, 0.3) is 5.91 Å². The maximum atomic E-state index is 12.1. The zero-order chi connectivity index (χ0) is 13.7. The lowest BCUT2D eigenvalue weighted by atomic mass is 10.1. The third-order valence-electron chi connectivity index (χ3n) is 2.60. The molecule has 0 aliphatic carbocycles. The van der Waals surface area contributed by atoms with Gasteiger partial charge in [0.2, 0.25) is 0 Å². The number of hydrogen-bond donors (Lipinski definition) is 1. The highest BCUT2D eigenvalue weighted by Gasteiger charge is 2.17. The van der Waals surface area contributed by atoms with Crippen LogP contribution in [0.1, 0.15) is 17.3 Å². The number of hydrogen-bond acceptors (Lipinski definition) is 3. The van der Waals surface area contributed by atoms with E-state index in [1.807, 2.05) is 25.1 Å². The zero-order valence-corrected chi connectivity index (χ0v) is 10.9. The van der Waals surface area contributed by atoms with Crippen LogP contribution in [0.15, 0.2) is 24.3 Å². The molecule has 0 saturated heterocycles. The monoisotopic (exact) mass is 250 g/mol. The van der Waals surface area contributed by atoms with Crippen LogP contribution in [0.4, 0.5) is 5.69 Å². The fraction of sp³-hybridized carbons (Fsp3) is 0.385. The van der Waals surface area contributed by atoms with Gasteiger partial charge in [0, 0.05) is 31.9 Å². The molecule has 1 rings (SSSR count). The molecule has 0 fully saturated rings. The smallest absolute Gasteiger partial charge is 0.323 e. The third-order valence-corrected chi connectivity index (χ3v) is 2.60. The van der Waals surface area contributed by atoms with Crippen molar-refractivity contribution < 1.29 is 14.7 Å². The first-order chi connectivity index (χ1) is 8.45. The maximum absolute atomic E-state index is 12.1. The van der Waals surface area contributed by atoms with Gasteiger partial charge in [-0.05, 0) is 25.1 Å². The van der Waals surface area contributed by atoms with Crippen LogP contribution >= 0.6 is 0 Å². The Morgan fingerprint density at radius 2 is 1.94 bits per heavy atom. The largest absolute Gasteiger partial charge is 0.480 e. The van der Waals surface area contributed by atoms with Crippen molar-refractivity contribution in [3.63, 3.8) is 0 Å². The van der Waals surface area contributed by atoms with Gasteiger partial charge >= 0.3 is 5.97 Å². The van der Waals surface area contributed by atoms with Crippen LogP contribution in [-0.2, 0) is 4.79 Å². The highest BCUT2D eigenvalue weighted by Crippen LogP contribution is 2.15. The Morgan fingerprint density at radius 1 is 1.28 bits per heavy atom. The molecule has 5 heteroatoms. The SMILES string of the molecule is CCN(CC(=O)O)C(=O)c1cccc(N(C)C)c1. The van der Waals surface area contributed by atoms with E-state index < -0.39 is 5.97 Å². The quantitative estimate of drug-likeness (QED) is 0.855. The molecule has 0 bridgehead atoms. The van der Waals surface area contributed by atoms with Crippen LogP contribution in [-0.4, -0.2) is 49.1 Å². The summed E-state index contributed by atoms with van der Waals surface area (Å²) >= 11 is 0. The number of carbonyl (C=O) groups excluding carboxylic acids is 1. The average molecular weight is 250 g/mol. The Hall–Kier alpha value is -2.04. The van der Waals surface area contributed by atoms with Gasteiger partial charge in [-0.1, -0.05) is 6.07 Å². The van der Waals surface area contributed by atoms with Crippen LogP contribution < -0.4 is 4.90 Å². The number of likely N-dealkylation sites (N-methyl/N-ethyl adjacent to an activating group) is 1. The second-order valence-electron chi connectivity index (χ2n) is 4.16. The third kappa shape index (κ3) is 3.48. The van der Waals surface area contributed by atoms with Gasteiger partial charge in [-0.3, -0.25) is 9.59 Å². The highest BCUT2D eigenvalue weighted by molar-refractivity contribution is 5.96. The molecule has 0 radical (unpaired) electrons. The molecular weight excluding hydrogens is 232 g/mol. The molecule has 5 nitrogen and oxygen atoms in total. The molecule has 1 aromatic carbocycles. The Balaban J connectivity index is 2.94. The zero-order valence-electron chi connectivity index (χ0n) is 10.9. The summed E-state index contributed by atoms with van der Waals surface area (Å²) in [5.74, 6) is -1.27. The van der Waals surface area contributed by atoms with Gasteiger partial charge in [0.1, 0.15) is 6.54 Å². The van der Waals surface area contributed by atoms with E-state index in [2.05, 4.69) is 0 Å². The standard InChI is InChI=1S/C13H18N2O3/c1-4-15(9-12(16)17)13(18)10-6-5-7-11(8-10)14(2)3/h5-8H,4,9H2,1-3H3,(H,16,17). The van der Waals surface area contributed by atoms with E-state index in [1.54, 1.807) is 25.1 Å². The minimum absolute atomic E-state index is 0.261. The van der Waals surface area contributed by atoms with Gasteiger partial charge in [0.05, 0.1) is 0 Å². The summed E-state index contributed by atoms with van der Waals surface area (Å²) in [6.07, 6.45) is 0. The lowest BCUT2D eigenvalue weighted by Gasteiger charge is -2.20. The number of carbonyl (C=O) groups is 2. The molecule has 0 aliphatic rings. The molecular formula is C13H18N2O3. The van der Waals surface area contributed by atoms with Crippen LogP contribution in [0.25, 0.3) is 0 Å². The first-order valence-electron chi connectivity index (χ1n) is 5.74. The summed E-state index contributed by atoms with van der Waals surface area (Å²) in [6, 6.07) is 7.13. The van der Waals surface area contributed by atoms with Gasteiger partial charge in [-0.25, -0.2) is 0 Å². The highest BCUT2D eigenvalue weighted by atomic mass is 16.4. The van der Waals surface area contributed by atoms with E-state index in [0.717, 1.165) is 5.69 Å². The summed E-state index contributed by atoms with van der Waals surface area (Å²) in [7, 11) is 3.77. The number of carboxylic acid groups (broad SMARTS) is 1. The van der Waals surface area contributed by atoms with Crippen molar-refractivity contribution in [2.75, 3.05) is 32.1 Å². The van der Waals surface area contributed by atoms with Crippen molar-refractivity contribution in [2.24, 2.45) is 0 Å². The van der Waals surface area contributed by atoms with Crippen molar-refractivity contribution >= 4 is 17.6 Å². The Kier molecular flexibility index (Phi) is 4.71. The Labute approximate surface area is 107 Å². The van der Waals surface area contributed by atoms with Crippen LogP contribution in [0.3, 0.4) is 0 Å². The fourth-order valence-electron chi connectivity index (χ4n) is 1.59. The molecule has 0 atom stereocenters. The second kappa shape index (κ2) is 6.05. The minimum Gasteiger partial charge on any atom is -0.480 e. The maximum Gasteiger partial charge on any atom is 0.323 e. The lowest BCUT2D eigenvalue weighted by molar-refractivity contribution is -0.137. The van der Waals surface area contributed by atoms with E-state index in [-0.39, 0.29) is 12.5 Å². The van der Waals surface area contributed by atoms with E-state index in [4.69, 9.17) is 5.11 Å². The molecule has 0 aliphatic heterocycles. The van der Waals surface area contributed by atoms with Crippen LogP contribution in [0.5, 0.6) is 0 Å². The van der Waals surface area contributed by atoms with Crippen molar-refractivity contribution in [1.82, 2.24) is 4.90 Å². The first-order valence-corrected chi connectivity index (χ1v) is 5.74. The molecule has 0 aromatic heterocycles. The van der Waals surface area contributed by atoms with Crippen molar-refractivity contribution in [1.29, 1.82) is 0 Å². The Morgan fingerprint density at radius 3 is 2.44 bits per heavy atom. The molecule has 0 saturated carbocycles. The summed E-state index contributed by atoms with van der Waals surface area (Å²) in [5, 5.41) is 8.75. The number of carboxylic acids is 1. The normalized spacial score (nSPS) is 9.94. The minimum atomic E-state index is -1.01. The molecule has 18 heavy (non-hydrogen) atoms. The summed E-state index contributed by atoms with van der Waals surface area (Å²) in [5.41, 5.74) is 1.41. The average Bonchev–Trinajstić information content (AvgIpc) is 2.35. The number of nitrogens with zero attached hydrogens (tertiary/aromatic N) is 2. The number of aliphatic carboxylic acids is 1. The predicted octanol–water partition coefficient (Wildman–Crippen LogP) is 1.30. The number of benzene rings is 1. The van der Waals surface area contributed by atoms with Gasteiger partial charge in [-0.2, -0.15) is 0 Å². The summed E-state index contributed by atoms with van der Waals surface area (Å²) in [6.45, 7) is 1.86. The van der Waals surface area contributed by atoms with E-state index in [9.17, 15) is 9.59 Å². The predicted molar refractivity (Wildman–Crippen MR) is 70.0 cm³/mol. The Bertz CT molecular complexity index is 444. The summed E-state index contributed by atoms with van der Waals surface area (Å²) in [4.78, 5) is 26.0. The van der Waals surface area contributed by atoms with E-state index >= 15 is 0 Å². The number of amides is 1. The van der Waals surface area contributed by atoms with E-state index in [1.165, 1.54) is 4.90 Å². The van der Waals surface area contributed by atoms with Crippen molar-refractivity contribution in [2.45, 2.75) is 6.92 Å². The fourth-order valence-corrected chi connectivity index (χ4v) is 1.59. The molecule has 1 aromatic rings. The topological polar surface area (TPSA) is 60.9 Å². The van der Waals surface area contributed by atoms with Gasteiger partial charge in [0.15, 0.2) is 0 Å². The molecule has 0 unspecified atom stereocenters. The first kappa shape index (κ1) is 14.0. The van der Waals surface area contributed by atoms with Gasteiger partial charge in [-0.15, -0.1) is 0 Å². The van der Waals surface area contributed by atoms with Crippen LogP contribution in [0, 0.1) is 0 Å². The molecule has 1 N–H and O–H groups in total. The van der Waals surface area contributed by atoms with Crippen molar-refractivity contribution in [3.8, 4) is 0 Å². The molecule has 0 heterocycles. The number of anilines is 1. The molecule has 1 amide bonds. The number of rotatable bonds is 5. The van der Waals surface area contributed by atoms with Crippen LogP contribution in [0.2, 0.25) is 0 Å². The van der Waals surface area contributed by atoms with Gasteiger partial charge < -0.3 is 14.9 Å². The molecule has 98 valence electrons. The lowest BCUT2D eigenvalue weighted by Crippen LogP contribution is -2.35. The summed E-state index contributed by atoms with van der Waals surface area (Å²) < 4.78 is 0. The molecule has 0 spiro atoms. The van der Waals surface area contributed by atoms with Crippen molar-refractivity contribution in [3.05, 3.63) is 29.8 Å². The van der Waals surface area contributed by atoms with E-state index in [0.29, 0.717) is 12.1 Å². The second-order valence-corrected chi connectivity index (χ2v) is 4.16.